The molecular weight excluding hydrogens is 262 g/mol. The van der Waals surface area contributed by atoms with Crippen LogP contribution in [0.4, 0.5) is 5.82 Å². The van der Waals surface area contributed by atoms with Crippen LogP contribution in [0.2, 0.25) is 5.15 Å². The second-order valence-corrected chi connectivity index (χ2v) is 4.65. The van der Waals surface area contributed by atoms with Crippen LogP contribution >= 0.6 is 11.6 Å². The van der Waals surface area contributed by atoms with Gasteiger partial charge in [-0.15, -0.1) is 0 Å². The third kappa shape index (κ3) is 4.34. The van der Waals surface area contributed by atoms with Gasteiger partial charge in [-0.05, 0) is 18.9 Å². The van der Waals surface area contributed by atoms with Gasteiger partial charge in [0.05, 0.1) is 12.4 Å². The van der Waals surface area contributed by atoms with Crippen molar-refractivity contribution in [2.75, 3.05) is 5.32 Å². The van der Waals surface area contributed by atoms with Gasteiger partial charge in [-0.1, -0.05) is 41.4 Å². The fourth-order valence-corrected chi connectivity index (χ4v) is 1.88. The summed E-state index contributed by atoms with van der Waals surface area (Å²) in [6, 6.07) is 8.11. The molecule has 19 heavy (non-hydrogen) atoms. The molecule has 1 N–H and O–H groups in total. The van der Waals surface area contributed by atoms with Crippen LogP contribution in [0.15, 0.2) is 36.7 Å². The number of rotatable bonds is 4. The molecule has 2 aromatic rings. The van der Waals surface area contributed by atoms with E-state index in [-0.39, 0.29) is 11.1 Å². The standard InChI is InChI=1S/C14H14ClN3O/c1-10-3-2-4-11(7-10)5-6-14(19)18-13-9-16-8-12(15)17-13/h2-4,7-9H,5-6H2,1H3,(H,17,18,19). The Morgan fingerprint density at radius 2 is 2.21 bits per heavy atom. The normalized spacial score (nSPS) is 10.2. The average molecular weight is 276 g/mol. The van der Waals surface area contributed by atoms with Gasteiger partial charge >= 0.3 is 0 Å². The molecule has 1 aromatic carbocycles. The molecule has 98 valence electrons. The summed E-state index contributed by atoms with van der Waals surface area (Å²) in [6.45, 7) is 2.03. The molecule has 0 spiro atoms. The number of carbonyl (C=O) groups excluding carboxylic acids is 1. The Kier molecular flexibility index (Phi) is 4.47. The molecule has 0 aliphatic rings. The van der Waals surface area contributed by atoms with Crippen molar-refractivity contribution < 1.29 is 4.79 Å². The first-order chi connectivity index (χ1) is 9.13. The Labute approximate surface area is 116 Å². The number of aromatic nitrogens is 2. The quantitative estimate of drug-likeness (QED) is 0.933. The van der Waals surface area contributed by atoms with Gasteiger partial charge in [-0.25, -0.2) is 4.98 Å². The first kappa shape index (κ1) is 13.5. The molecule has 5 heteroatoms. The van der Waals surface area contributed by atoms with Crippen molar-refractivity contribution in [1.29, 1.82) is 0 Å². The van der Waals surface area contributed by atoms with Gasteiger partial charge in [0.2, 0.25) is 5.91 Å². The highest BCUT2D eigenvalue weighted by atomic mass is 35.5. The lowest BCUT2D eigenvalue weighted by Crippen LogP contribution is -2.13. The predicted octanol–water partition coefficient (Wildman–Crippen LogP) is 3.01. The van der Waals surface area contributed by atoms with Gasteiger partial charge in [-0.3, -0.25) is 9.78 Å². The molecule has 0 atom stereocenters. The van der Waals surface area contributed by atoms with Crippen LogP contribution in [-0.4, -0.2) is 15.9 Å². The van der Waals surface area contributed by atoms with Gasteiger partial charge in [-0.2, -0.15) is 0 Å². The number of anilines is 1. The van der Waals surface area contributed by atoms with Crippen molar-refractivity contribution >= 4 is 23.3 Å². The van der Waals surface area contributed by atoms with Crippen LogP contribution in [0.3, 0.4) is 0 Å². The Morgan fingerprint density at radius 3 is 2.95 bits per heavy atom. The number of halogens is 1. The maximum Gasteiger partial charge on any atom is 0.225 e. The van der Waals surface area contributed by atoms with Crippen molar-refractivity contribution in [2.24, 2.45) is 0 Å². The summed E-state index contributed by atoms with van der Waals surface area (Å²) in [5, 5.41) is 2.93. The highest BCUT2D eigenvalue weighted by molar-refractivity contribution is 6.29. The molecule has 0 bridgehead atoms. The van der Waals surface area contributed by atoms with E-state index in [1.165, 1.54) is 18.0 Å². The molecule has 0 saturated heterocycles. The second-order valence-electron chi connectivity index (χ2n) is 4.26. The fraction of sp³-hybridized carbons (Fsp3) is 0.214. The third-order valence-corrected chi connectivity index (χ3v) is 2.78. The third-order valence-electron chi connectivity index (χ3n) is 2.60. The molecule has 0 unspecified atom stereocenters. The molecule has 2 rings (SSSR count). The number of aryl methyl sites for hydroxylation is 2. The van der Waals surface area contributed by atoms with Crippen molar-refractivity contribution in [2.45, 2.75) is 19.8 Å². The Hall–Kier alpha value is -1.94. The summed E-state index contributed by atoms with van der Waals surface area (Å²) in [5.74, 6) is 0.278. The molecular formula is C14H14ClN3O. The van der Waals surface area contributed by atoms with Gasteiger partial charge < -0.3 is 5.32 Å². The topological polar surface area (TPSA) is 54.9 Å². The monoisotopic (exact) mass is 275 g/mol. The van der Waals surface area contributed by atoms with Gasteiger partial charge in [0.15, 0.2) is 5.82 Å². The van der Waals surface area contributed by atoms with Crippen molar-refractivity contribution in [3.05, 3.63) is 52.9 Å². The Balaban J connectivity index is 1.88. The maximum atomic E-state index is 11.8. The number of nitrogens with zero attached hydrogens (tertiary/aromatic N) is 2. The molecule has 1 amide bonds. The van der Waals surface area contributed by atoms with E-state index in [9.17, 15) is 4.79 Å². The van der Waals surface area contributed by atoms with Gasteiger partial charge in [0.1, 0.15) is 5.15 Å². The van der Waals surface area contributed by atoms with E-state index in [1.807, 2.05) is 25.1 Å². The first-order valence-electron chi connectivity index (χ1n) is 5.96. The van der Waals surface area contributed by atoms with E-state index in [0.717, 1.165) is 5.56 Å². The van der Waals surface area contributed by atoms with Crippen LogP contribution in [0, 0.1) is 6.92 Å². The summed E-state index contributed by atoms with van der Waals surface area (Å²) >= 11 is 5.69. The lowest BCUT2D eigenvalue weighted by Gasteiger charge is -2.05. The fourth-order valence-electron chi connectivity index (χ4n) is 1.73. The summed E-state index contributed by atoms with van der Waals surface area (Å²) in [4.78, 5) is 19.6. The number of hydrogen-bond donors (Lipinski definition) is 1. The lowest BCUT2D eigenvalue weighted by molar-refractivity contribution is -0.116. The number of carbonyl (C=O) groups is 1. The first-order valence-corrected chi connectivity index (χ1v) is 6.34. The summed E-state index contributed by atoms with van der Waals surface area (Å²) < 4.78 is 0. The SMILES string of the molecule is Cc1cccc(CCC(=O)Nc2cncc(Cl)n2)c1. The molecule has 0 aliphatic heterocycles. The Bertz CT molecular complexity index is 586. The van der Waals surface area contributed by atoms with E-state index in [2.05, 4.69) is 21.4 Å². The molecule has 0 saturated carbocycles. The average Bonchev–Trinajstić information content (AvgIpc) is 2.36. The van der Waals surface area contributed by atoms with E-state index in [4.69, 9.17) is 11.6 Å². The summed E-state index contributed by atoms with van der Waals surface area (Å²) in [5.41, 5.74) is 2.34. The minimum Gasteiger partial charge on any atom is -0.309 e. The molecule has 1 aromatic heterocycles. The predicted molar refractivity (Wildman–Crippen MR) is 75.2 cm³/mol. The minimum atomic E-state index is -0.0990. The number of nitrogens with one attached hydrogen (secondary N) is 1. The summed E-state index contributed by atoms with van der Waals surface area (Å²) in [6.07, 6.45) is 3.99. The van der Waals surface area contributed by atoms with Crippen LogP contribution in [0.5, 0.6) is 0 Å². The van der Waals surface area contributed by atoms with Crippen LogP contribution in [-0.2, 0) is 11.2 Å². The number of hydrogen-bond acceptors (Lipinski definition) is 3. The highest BCUT2D eigenvalue weighted by Gasteiger charge is 2.05. The van der Waals surface area contributed by atoms with E-state index >= 15 is 0 Å². The van der Waals surface area contributed by atoms with Gasteiger partial charge in [0, 0.05) is 6.42 Å². The molecule has 0 aliphatic carbocycles. The zero-order chi connectivity index (χ0) is 13.7. The molecule has 0 fully saturated rings. The van der Waals surface area contributed by atoms with E-state index in [0.29, 0.717) is 18.7 Å². The van der Waals surface area contributed by atoms with Crippen molar-refractivity contribution in [3.63, 3.8) is 0 Å². The van der Waals surface area contributed by atoms with Crippen molar-refractivity contribution in [1.82, 2.24) is 9.97 Å². The minimum absolute atomic E-state index is 0.0990. The lowest BCUT2D eigenvalue weighted by atomic mass is 10.1. The Morgan fingerprint density at radius 1 is 1.37 bits per heavy atom. The van der Waals surface area contributed by atoms with Crippen molar-refractivity contribution in [3.8, 4) is 0 Å². The zero-order valence-electron chi connectivity index (χ0n) is 10.6. The van der Waals surface area contributed by atoms with E-state index in [1.54, 1.807) is 0 Å². The highest BCUT2D eigenvalue weighted by Crippen LogP contribution is 2.09. The smallest absolute Gasteiger partial charge is 0.225 e. The zero-order valence-corrected chi connectivity index (χ0v) is 11.3. The number of benzene rings is 1. The van der Waals surface area contributed by atoms with Gasteiger partial charge in [0.25, 0.3) is 0 Å². The molecule has 4 nitrogen and oxygen atoms in total. The molecule has 1 heterocycles. The summed E-state index contributed by atoms with van der Waals surface area (Å²) in [7, 11) is 0. The second kappa shape index (κ2) is 6.29. The van der Waals surface area contributed by atoms with Crippen LogP contribution in [0.1, 0.15) is 17.5 Å². The van der Waals surface area contributed by atoms with Crippen LogP contribution < -0.4 is 5.32 Å². The largest absolute Gasteiger partial charge is 0.309 e. The number of amides is 1. The maximum absolute atomic E-state index is 11.8. The van der Waals surface area contributed by atoms with Crippen LogP contribution in [0.25, 0.3) is 0 Å². The van der Waals surface area contributed by atoms with E-state index < -0.39 is 0 Å². The molecule has 0 radical (unpaired) electrons.